The van der Waals surface area contributed by atoms with E-state index in [0.717, 1.165) is 12.0 Å². The van der Waals surface area contributed by atoms with Crippen molar-refractivity contribution in [2.75, 3.05) is 0 Å². The molecule has 2 aliphatic carbocycles. The van der Waals surface area contributed by atoms with Gasteiger partial charge >= 0.3 is 5.97 Å². The quantitative estimate of drug-likeness (QED) is 0.806. The largest absolute Gasteiger partial charge is 0.472 e. The predicted octanol–water partition coefficient (Wildman–Crippen LogP) is 3.93. The summed E-state index contributed by atoms with van der Waals surface area (Å²) in [6.07, 6.45) is 6.14. The number of hydrogen-bond donors (Lipinski definition) is 1. The zero-order valence-corrected chi connectivity index (χ0v) is 17.1. The summed E-state index contributed by atoms with van der Waals surface area (Å²) in [4.78, 5) is 24.5. The van der Waals surface area contributed by atoms with Crippen molar-refractivity contribution in [1.29, 1.82) is 0 Å². The maximum atomic E-state index is 12.9. The molecule has 27 heavy (non-hydrogen) atoms. The van der Waals surface area contributed by atoms with Gasteiger partial charge in [0.25, 0.3) is 0 Å². The lowest BCUT2D eigenvalue weighted by atomic mass is 9.43. The van der Waals surface area contributed by atoms with E-state index in [0.29, 0.717) is 25.7 Å². The Morgan fingerprint density at radius 2 is 2.07 bits per heavy atom. The smallest absolute Gasteiger partial charge is 0.302 e. The molecule has 3 rings (SSSR count). The number of ketones is 1. The van der Waals surface area contributed by atoms with E-state index in [1.807, 2.05) is 13.0 Å². The van der Waals surface area contributed by atoms with Crippen molar-refractivity contribution in [1.82, 2.24) is 0 Å². The lowest BCUT2D eigenvalue weighted by Gasteiger charge is -2.63. The fourth-order valence-electron chi connectivity index (χ4n) is 5.85. The van der Waals surface area contributed by atoms with E-state index >= 15 is 0 Å². The first-order chi connectivity index (χ1) is 12.5. The Kier molecular flexibility index (Phi) is 5.04. The molecule has 0 bridgehead atoms. The van der Waals surface area contributed by atoms with E-state index in [9.17, 15) is 14.7 Å². The normalized spacial score (nSPS) is 38.3. The van der Waals surface area contributed by atoms with Gasteiger partial charge in [0.2, 0.25) is 0 Å². The van der Waals surface area contributed by atoms with Gasteiger partial charge in [0.1, 0.15) is 11.9 Å². The number of fused-ring (bicyclic) bond motifs is 1. The monoisotopic (exact) mass is 376 g/mol. The first kappa shape index (κ1) is 20.1. The number of rotatable bonds is 4. The van der Waals surface area contributed by atoms with E-state index < -0.39 is 16.9 Å². The molecule has 5 nitrogen and oxygen atoms in total. The van der Waals surface area contributed by atoms with Crippen molar-refractivity contribution < 1.29 is 23.8 Å². The standard InChI is InChI=1S/C22H32O5/c1-14-17(24)12-18-20(3,4)19(27-15(2)23)7-9-21(18,5)22(14,25)10-6-16-8-11-26-13-16/h8,11,13-14,18-19,25H,6-7,9-10,12H2,1-5H3. The van der Waals surface area contributed by atoms with Crippen molar-refractivity contribution in [3.8, 4) is 0 Å². The predicted molar refractivity (Wildman–Crippen MR) is 101 cm³/mol. The Morgan fingerprint density at radius 1 is 1.37 bits per heavy atom. The number of furan rings is 1. The molecule has 1 N–H and O–H groups in total. The van der Waals surface area contributed by atoms with Gasteiger partial charge < -0.3 is 14.3 Å². The Hall–Kier alpha value is -1.62. The highest BCUT2D eigenvalue weighted by molar-refractivity contribution is 5.83. The van der Waals surface area contributed by atoms with Crippen molar-refractivity contribution >= 4 is 11.8 Å². The fourth-order valence-corrected chi connectivity index (χ4v) is 5.85. The molecule has 150 valence electrons. The van der Waals surface area contributed by atoms with Crippen LogP contribution in [0.2, 0.25) is 0 Å². The first-order valence-electron chi connectivity index (χ1n) is 9.96. The third kappa shape index (κ3) is 3.14. The van der Waals surface area contributed by atoms with E-state index in [2.05, 4.69) is 20.8 Å². The van der Waals surface area contributed by atoms with Crippen LogP contribution in [0.1, 0.15) is 65.9 Å². The van der Waals surface area contributed by atoms with Crippen LogP contribution in [0.5, 0.6) is 0 Å². The Morgan fingerprint density at radius 3 is 2.67 bits per heavy atom. The molecular weight excluding hydrogens is 344 g/mol. The number of aliphatic hydroxyl groups is 1. The number of ether oxygens (including phenoxy) is 1. The number of hydrogen-bond acceptors (Lipinski definition) is 5. The van der Waals surface area contributed by atoms with Gasteiger partial charge in [0.05, 0.1) is 18.1 Å². The summed E-state index contributed by atoms with van der Waals surface area (Å²) in [5, 5.41) is 11.9. The van der Waals surface area contributed by atoms with Crippen LogP contribution >= 0.6 is 0 Å². The Bertz CT molecular complexity index is 706. The molecular formula is C22H32O5. The van der Waals surface area contributed by atoms with Crippen molar-refractivity contribution in [2.45, 2.75) is 78.4 Å². The molecule has 0 amide bonds. The van der Waals surface area contributed by atoms with Gasteiger partial charge in [-0.2, -0.15) is 0 Å². The molecule has 1 aromatic rings. The summed E-state index contributed by atoms with van der Waals surface area (Å²) in [7, 11) is 0. The summed E-state index contributed by atoms with van der Waals surface area (Å²) in [5.74, 6) is -0.640. The maximum absolute atomic E-state index is 12.9. The third-order valence-electron chi connectivity index (χ3n) is 7.70. The lowest BCUT2D eigenvalue weighted by Crippen LogP contribution is -2.67. The third-order valence-corrected chi connectivity index (χ3v) is 7.70. The molecule has 0 aromatic carbocycles. The van der Waals surface area contributed by atoms with E-state index in [1.54, 1.807) is 12.5 Å². The Labute approximate surface area is 161 Å². The number of esters is 1. The molecule has 2 saturated carbocycles. The number of aryl methyl sites for hydroxylation is 1. The average Bonchev–Trinajstić information content (AvgIpc) is 3.10. The van der Waals surface area contributed by atoms with Crippen LogP contribution in [-0.4, -0.2) is 28.6 Å². The topological polar surface area (TPSA) is 76.7 Å². The summed E-state index contributed by atoms with van der Waals surface area (Å²) >= 11 is 0. The van der Waals surface area contributed by atoms with Crippen LogP contribution in [0.15, 0.2) is 23.0 Å². The SMILES string of the molecule is CC(=O)OC1CCC2(C)C(CC(=O)C(C)C2(O)CCc2ccoc2)C1(C)C. The molecule has 0 saturated heterocycles. The molecule has 0 aliphatic heterocycles. The van der Waals surface area contributed by atoms with Crippen LogP contribution < -0.4 is 0 Å². The van der Waals surface area contributed by atoms with E-state index in [-0.39, 0.29) is 29.2 Å². The molecule has 0 spiro atoms. The van der Waals surface area contributed by atoms with E-state index in [1.165, 1.54) is 6.92 Å². The van der Waals surface area contributed by atoms with Crippen molar-refractivity contribution in [3.63, 3.8) is 0 Å². The zero-order chi connectivity index (χ0) is 20.0. The van der Waals surface area contributed by atoms with Crippen LogP contribution in [0.4, 0.5) is 0 Å². The van der Waals surface area contributed by atoms with Gasteiger partial charge in [-0.3, -0.25) is 9.59 Å². The highest BCUT2D eigenvalue weighted by atomic mass is 16.5. The molecule has 2 fully saturated rings. The minimum absolute atomic E-state index is 0.0406. The molecule has 0 radical (unpaired) electrons. The molecule has 2 aliphatic rings. The summed E-state index contributed by atoms with van der Waals surface area (Å²) in [6.45, 7) is 9.57. The fraction of sp³-hybridized carbons (Fsp3) is 0.727. The highest BCUT2D eigenvalue weighted by Crippen LogP contribution is 2.63. The van der Waals surface area contributed by atoms with Crippen LogP contribution in [0.3, 0.4) is 0 Å². The van der Waals surface area contributed by atoms with Crippen molar-refractivity contribution in [2.24, 2.45) is 22.7 Å². The second kappa shape index (κ2) is 6.77. The molecule has 1 aromatic heterocycles. The van der Waals surface area contributed by atoms with Crippen LogP contribution in [0, 0.1) is 22.7 Å². The van der Waals surface area contributed by atoms with Gasteiger partial charge in [0.15, 0.2) is 0 Å². The summed E-state index contributed by atoms with van der Waals surface area (Å²) in [6, 6.07) is 1.90. The first-order valence-corrected chi connectivity index (χ1v) is 9.96. The summed E-state index contributed by atoms with van der Waals surface area (Å²) < 4.78 is 10.8. The van der Waals surface area contributed by atoms with Gasteiger partial charge in [-0.1, -0.05) is 27.7 Å². The second-order valence-electron chi connectivity index (χ2n) is 9.38. The average molecular weight is 376 g/mol. The van der Waals surface area contributed by atoms with Gasteiger partial charge in [-0.25, -0.2) is 0 Å². The number of carbonyl (C=O) groups excluding carboxylic acids is 2. The zero-order valence-electron chi connectivity index (χ0n) is 17.1. The lowest BCUT2D eigenvalue weighted by molar-refractivity contribution is -0.230. The van der Waals surface area contributed by atoms with Crippen LogP contribution in [-0.2, 0) is 20.7 Å². The second-order valence-corrected chi connectivity index (χ2v) is 9.38. The molecule has 1 heterocycles. The summed E-state index contributed by atoms with van der Waals surface area (Å²) in [5.41, 5.74) is -0.855. The molecule has 5 unspecified atom stereocenters. The minimum Gasteiger partial charge on any atom is -0.472 e. The minimum atomic E-state index is -1.09. The number of carbonyl (C=O) groups is 2. The maximum Gasteiger partial charge on any atom is 0.302 e. The number of Topliss-reactive ketones (excluding diaryl/α,β-unsaturated/α-hetero) is 1. The highest BCUT2D eigenvalue weighted by Gasteiger charge is 2.65. The Balaban J connectivity index is 1.95. The van der Waals surface area contributed by atoms with Gasteiger partial charge in [-0.05, 0) is 43.2 Å². The molecule has 5 atom stereocenters. The van der Waals surface area contributed by atoms with Gasteiger partial charge in [-0.15, -0.1) is 0 Å². The van der Waals surface area contributed by atoms with Crippen molar-refractivity contribution in [3.05, 3.63) is 24.2 Å². The van der Waals surface area contributed by atoms with Crippen LogP contribution in [0.25, 0.3) is 0 Å². The van der Waals surface area contributed by atoms with E-state index in [4.69, 9.17) is 9.15 Å². The van der Waals surface area contributed by atoms with Gasteiger partial charge in [0, 0.05) is 30.1 Å². The molecule has 5 heteroatoms.